The van der Waals surface area contributed by atoms with Gasteiger partial charge in [-0.1, -0.05) is 21.1 Å². The van der Waals surface area contributed by atoms with E-state index in [2.05, 4.69) is 44.4 Å². The van der Waals surface area contributed by atoms with Gasteiger partial charge in [-0.05, 0) is 50.1 Å². The van der Waals surface area contributed by atoms with E-state index in [4.69, 9.17) is 4.52 Å². The Kier molecular flexibility index (Phi) is 3.66. The third-order valence-corrected chi connectivity index (χ3v) is 3.97. The minimum Gasteiger partial charge on any atom is -0.339 e. The Hall–Kier alpha value is -1.20. The molecule has 2 heterocycles. The molecule has 1 N–H and O–H groups in total. The van der Waals surface area contributed by atoms with Crippen molar-refractivity contribution in [1.82, 2.24) is 15.5 Å². The summed E-state index contributed by atoms with van der Waals surface area (Å²) in [5, 5.41) is 7.53. The molecule has 5 heteroatoms. The molecule has 0 spiro atoms. The molecule has 100 valence electrons. The van der Waals surface area contributed by atoms with Gasteiger partial charge in [0.1, 0.15) is 0 Å². The van der Waals surface area contributed by atoms with Crippen molar-refractivity contribution in [2.75, 3.05) is 6.54 Å². The van der Waals surface area contributed by atoms with Crippen LogP contribution in [0, 0.1) is 6.92 Å². The molecule has 0 radical (unpaired) electrons. The summed E-state index contributed by atoms with van der Waals surface area (Å²) >= 11 is 3.46. The summed E-state index contributed by atoms with van der Waals surface area (Å²) in [6.45, 7) is 3.14. The Labute approximate surface area is 120 Å². The van der Waals surface area contributed by atoms with Crippen LogP contribution in [0.4, 0.5) is 0 Å². The number of benzene rings is 1. The average molecular weight is 322 g/mol. The Balaban J connectivity index is 1.80. The fraction of sp³-hybridized carbons (Fsp3) is 0.429. The number of rotatable bonds is 3. The fourth-order valence-corrected chi connectivity index (χ4v) is 2.94. The zero-order valence-corrected chi connectivity index (χ0v) is 12.4. The second-order valence-electron chi connectivity index (χ2n) is 4.97. The minimum absolute atomic E-state index is 0.485. The molecule has 4 nitrogen and oxygen atoms in total. The monoisotopic (exact) mass is 321 g/mol. The van der Waals surface area contributed by atoms with Gasteiger partial charge in [0.15, 0.2) is 0 Å². The van der Waals surface area contributed by atoms with Gasteiger partial charge in [-0.15, -0.1) is 0 Å². The van der Waals surface area contributed by atoms with Crippen molar-refractivity contribution in [1.29, 1.82) is 0 Å². The van der Waals surface area contributed by atoms with E-state index in [9.17, 15) is 0 Å². The van der Waals surface area contributed by atoms with E-state index in [1.807, 2.05) is 12.1 Å². The van der Waals surface area contributed by atoms with Crippen molar-refractivity contribution in [3.05, 3.63) is 34.1 Å². The quantitative estimate of drug-likeness (QED) is 0.943. The first-order chi connectivity index (χ1) is 9.22. The van der Waals surface area contributed by atoms with Crippen LogP contribution in [-0.2, 0) is 6.42 Å². The van der Waals surface area contributed by atoms with Gasteiger partial charge in [-0.25, -0.2) is 0 Å². The average Bonchev–Trinajstić information content (AvgIpc) is 3.01. The zero-order valence-electron chi connectivity index (χ0n) is 10.8. The summed E-state index contributed by atoms with van der Waals surface area (Å²) in [6, 6.07) is 6.56. The Bertz CT molecular complexity index is 576. The molecule has 1 saturated heterocycles. The highest BCUT2D eigenvalue weighted by Gasteiger charge is 2.18. The third-order valence-electron chi connectivity index (χ3n) is 3.48. The molecule has 1 aromatic carbocycles. The highest BCUT2D eigenvalue weighted by molar-refractivity contribution is 9.10. The number of aromatic nitrogens is 2. The van der Waals surface area contributed by atoms with Crippen molar-refractivity contribution < 1.29 is 4.52 Å². The zero-order chi connectivity index (χ0) is 13.2. The number of halogens is 1. The highest BCUT2D eigenvalue weighted by Crippen LogP contribution is 2.24. The molecule has 1 aliphatic heterocycles. The second kappa shape index (κ2) is 5.43. The molecule has 0 amide bonds. The lowest BCUT2D eigenvalue weighted by atomic mass is 10.1. The van der Waals surface area contributed by atoms with Gasteiger partial charge in [0.2, 0.25) is 11.7 Å². The molecule has 1 unspecified atom stereocenters. The van der Waals surface area contributed by atoms with E-state index in [0.717, 1.165) is 34.5 Å². The Morgan fingerprint density at radius 2 is 2.37 bits per heavy atom. The van der Waals surface area contributed by atoms with Gasteiger partial charge >= 0.3 is 0 Å². The summed E-state index contributed by atoms with van der Waals surface area (Å²) in [4.78, 5) is 4.50. The summed E-state index contributed by atoms with van der Waals surface area (Å²) in [5.74, 6) is 1.40. The molecule has 1 aromatic heterocycles. The summed E-state index contributed by atoms with van der Waals surface area (Å²) < 4.78 is 6.42. The first-order valence-corrected chi connectivity index (χ1v) is 7.34. The van der Waals surface area contributed by atoms with E-state index in [1.165, 1.54) is 12.8 Å². The molecule has 19 heavy (non-hydrogen) atoms. The largest absolute Gasteiger partial charge is 0.339 e. The molecular weight excluding hydrogens is 306 g/mol. The molecular formula is C14H16BrN3O. The number of nitrogens with zero attached hydrogens (tertiary/aromatic N) is 2. The van der Waals surface area contributed by atoms with Crippen LogP contribution in [-0.4, -0.2) is 22.7 Å². The predicted octanol–water partition coefficient (Wildman–Crippen LogP) is 3.10. The molecule has 1 atom stereocenters. The van der Waals surface area contributed by atoms with Crippen molar-refractivity contribution in [2.24, 2.45) is 0 Å². The molecule has 0 bridgehead atoms. The maximum absolute atomic E-state index is 5.35. The fourth-order valence-electron chi connectivity index (χ4n) is 2.47. The molecule has 2 aromatic rings. The lowest BCUT2D eigenvalue weighted by molar-refractivity contribution is 0.364. The van der Waals surface area contributed by atoms with Crippen LogP contribution in [0.2, 0.25) is 0 Å². The first kappa shape index (κ1) is 12.8. The van der Waals surface area contributed by atoms with Crippen molar-refractivity contribution in [2.45, 2.75) is 32.2 Å². The number of aryl methyl sites for hydroxylation is 1. The van der Waals surface area contributed by atoms with Crippen molar-refractivity contribution >= 4 is 15.9 Å². The topological polar surface area (TPSA) is 51.0 Å². The summed E-state index contributed by atoms with van der Waals surface area (Å²) in [7, 11) is 0. The number of nitrogens with one attached hydrogen (secondary N) is 1. The number of hydrogen-bond donors (Lipinski definition) is 1. The smallest absolute Gasteiger partial charge is 0.228 e. The second-order valence-corrected chi connectivity index (χ2v) is 5.88. The van der Waals surface area contributed by atoms with Crippen LogP contribution in [0.5, 0.6) is 0 Å². The van der Waals surface area contributed by atoms with Gasteiger partial charge in [0.05, 0.1) is 0 Å². The van der Waals surface area contributed by atoms with Gasteiger partial charge in [0, 0.05) is 22.5 Å². The van der Waals surface area contributed by atoms with E-state index in [1.54, 1.807) is 0 Å². The van der Waals surface area contributed by atoms with Crippen LogP contribution in [0.1, 0.15) is 24.3 Å². The first-order valence-electron chi connectivity index (χ1n) is 6.55. The minimum atomic E-state index is 0.485. The van der Waals surface area contributed by atoms with Crippen molar-refractivity contribution in [3.63, 3.8) is 0 Å². The van der Waals surface area contributed by atoms with E-state index >= 15 is 0 Å². The molecule has 0 saturated carbocycles. The molecule has 3 rings (SSSR count). The van der Waals surface area contributed by atoms with Crippen LogP contribution < -0.4 is 5.32 Å². The maximum Gasteiger partial charge on any atom is 0.228 e. The standard InChI is InChI=1S/C14H16BrN3O/c1-9-7-10(15)4-5-12(9)14-17-13(19-18-14)8-11-3-2-6-16-11/h4-5,7,11,16H,2-3,6,8H2,1H3. The molecule has 1 fully saturated rings. The predicted molar refractivity (Wildman–Crippen MR) is 76.9 cm³/mol. The third kappa shape index (κ3) is 2.87. The molecule has 1 aliphatic rings. The van der Waals surface area contributed by atoms with Crippen molar-refractivity contribution in [3.8, 4) is 11.4 Å². The van der Waals surface area contributed by atoms with E-state index in [0.29, 0.717) is 11.9 Å². The highest BCUT2D eigenvalue weighted by atomic mass is 79.9. The van der Waals surface area contributed by atoms with Gasteiger partial charge in [0.25, 0.3) is 0 Å². The van der Waals surface area contributed by atoms with Gasteiger partial charge in [-0.3, -0.25) is 0 Å². The van der Waals surface area contributed by atoms with Gasteiger partial charge < -0.3 is 9.84 Å². The van der Waals surface area contributed by atoms with E-state index in [-0.39, 0.29) is 0 Å². The lowest BCUT2D eigenvalue weighted by Crippen LogP contribution is -2.23. The van der Waals surface area contributed by atoms with E-state index < -0.39 is 0 Å². The Morgan fingerprint density at radius 1 is 1.47 bits per heavy atom. The van der Waals surface area contributed by atoms with Gasteiger partial charge in [-0.2, -0.15) is 4.98 Å². The molecule has 0 aliphatic carbocycles. The van der Waals surface area contributed by atoms with Crippen LogP contribution in [0.3, 0.4) is 0 Å². The SMILES string of the molecule is Cc1cc(Br)ccc1-c1noc(CC2CCCN2)n1. The lowest BCUT2D eigenvalue weighted by Gasteiger charge is -2.04. The Morgan fingerprint density at radius 3 is 3.11 bits per heavy atom. The van der Waals surface area contributed by atoms with Crippen LogP contribution in [0.25, 0.3) is 11.4 Å². The van der Waals surface area contributed by atoms with Crippen LogP contribution in [0.15, 0.2) is 27.2 Å². The maximum atomic E-state index is 5.35. The normalized spacial score (nSPS) is 18.9. The summed E-state index contributed by atoms with van der Waals surface area (Å²) in [6.07, 6.45) is 3.25. The summed E-state index contributed by atoms with van der Waals surface area (Å²) in [5.41, 5.74) is 2.17. The number of hydrogen-bond acceptors (Lipinski definition) is 4. The van der Waals surface area contributed by atoms with Crippen LogP contribution >= 0.6 is 15.9 Å².